The third-order valence-electron chi connectivity index (χ3n) is 2.09. The van der Waals surface area contributed by atoms with Crippen LogP contribution in [-0.2, 0) is 4.79 Å². The van der Waals surface area contributed by atoms with Crippen molar-refractivity contribution in [3.8, 4) is 0 Å². The number of aliphatic carboxylic acids is 1. The van der Waals surface area contributed by atoms with Gasteiger partial charge in [0, 0.05) is 6.42 Å². The van der Waals surface area contributed by atoms with E-state index in [0.29, 0.717) is 6.42 Å². The Kier molecular flexibility index (Phi) is 5.56. The molecule has 0 spiro atoms. The Morgan fingerprint density at radius 3 is 2.36 bits per heavy atom. The molecular weight excluding hydrogens is 194 g/mol. The fraction of sp³-hybridized carbons (Fsp3) is 0.875. The molecule has 0 amide bonds. The molecule has 0 aromatic rings. The Morgan fingerprint density at radius 2 is 2.00 bits per heavy atom. The van der Waals surface area contributed by atoms with E-state index in [4.69, 9.17) is 16.6 Å². The molecule has 0 aliphatic heterocycles. The highest BCUT2D eigenvalue weighted by Crippen LogP contribution is 2.24. The highest BCUT2D eigenvalue weighted by Gasteiger charge is 2.35. The second-order valence-corrected chi connectivity index (χ2v) is 3.32. The highest BCUT2D eigenvalue weighted by molar-refractivity contribution is 5.66. The van der Waals surface area contributed by atoms with Gasteiger partial charge in [-0.3, -0.25) is 4.79 Å². The zero-order valence-electron chi connectivity index (χ0n) is 7.88. The van der Waals surface area contributed by atoms with Gasteiger partial charge in [0.2, 0.25) is 0 Å². The Hall–Kier alpha value is -0.750. The average Bonchev–Trinajstić information content (AvgIpc) is 2.11. The highest BCUT2D eigenvalue weighted by atomic mass is 19.3. The molecule has 0 bridgehead atoms. The molecule has 0 aliphatic rings. The molecule has 0 aromatic carbocycles. The molecule has 1 atom stereocenters. The summed E-state index contributed by atoms with van der Waals surface area (Å²) in [4.78, 5) is 10.2. The minimum absolute atomic E-state index is 0.0500. The molecule has 84 valence electrons. The van der Waals surface area contributed by atoms with Crippen LogP contribution in [0.4, 0.5) is 8.78 Å². The summed E-state index contributed by atoms with van der Waals surface area (Å²) in [6, 6.07) is 0. The summed E-state index contributed by atoms with van der Waals surface area (Å²) >= 11 is 0. The fourth-order valence-corrected chi connectivity index (χ4v) is 1.11. The molecule has 0 saturated carbocycles. The van der Waals surface area contributed by atoms with Gasteiger partial charge < -0.3 is 16.6 Å². The first-order chi connectivity index (χ1) is 6.42. The number of hydrogen-bond acceptors (Lipinski definition) is 3. The molecule has 4 nitrogen and oxygen atoms in total. The molecule has 6 heteroatoms. The Morgan fingerprint density at radius 1 is 1.43 bits per heavy atom. The molecule has 0 aliphatic carbocycles. The van der Waals surface area contributed by atoms with Crippen LogP contribution < -0.4 is 11.5 Å². The van der Waals surface area contributed by atoms with E-state index in [2.05, 4.69) is 0 Å². The number of nitrogens with two attached hydrogens (primary N) is 2. The predicted molar refractivity (Wildman–Crippen MR) is 48.1 cm³/mol. The average molecular weight is 210 g/mol. The van der Waals surface area contributed by atoms with Crippen molar-refractivity contribution in [1.29, 1.82) is 0 Å². The second kappa shape index (κ2) is 5.87. The van der Waals surface area contributed by atoms with Crippen LogP contribution >= 0.6 is 0 Å². The van der Waals surface area contributed by atoms with E-state index < -0.39 is 17.9 Å². The van der Waals surface area contributed by atoms with Gasteiger partial charge in [-0.15, -0.1) is 0 Å². The van der Waals surface area contributed by atoms with Crippen LogP contribution in [0.15, 0.2) is 0 Å². The van der Waals surface area contributed by atoms with Crippen LogP contribution in [0.25, 0.3) is 0 Å². The number of rotatable bonds is 7. The zero-order valence-corrected chi connectivity index (χ0v) is 7.88. The number of carboxylic acids is 1. The third-order valence-corrected chi connectivity index (χ3v) is 2.09. The van der Waals surface area contributed by atoms with Crippen LogP contribution in [-0.4, -0.2) is 29.6 Å². The van der Waals surface area contributed by atoms with Crippen molar-refractivity contribution in [2.75, 3.05) is 6.54 Å². The first-order valence-electron chi connectivity index (χ1n) is 4.41. The van der Waals surface area contributed by atoms with E-state index in [9.17, 15) is 13.6 Å². The topological polar surface area (TPSA) is 89.3 Å². The molecule has 5 N–H and O–H groups in total. The van der Waals surface area contributed by atoms with Crippen molar-refractivity contribution in [2.45, 2.75) is 37.6 Å². The molecule has 0 aromatic heterocycles. The van der Waals surface area contributed by atoms with E-state index in [0.717, 1.165) is 0 Å². The van der Waals surface area contributed by atoms with Gasteiger partial charge >= 0.3 is 5.97 Å². The van der Waals surface area contributed by atoms with Crippen LogP contribution in [0.5, 0.6) is 0 Å². The molecule has 1 unspecified atom stereocenters. The van der Waals surface area contributed by atoms with Gasteiger partial charge in [-0.1, -0.05) is 0 Å². The van der Waals surface area contributed by atoms with Crippen LogP contribution in [0.3, 0.4) is 0 Å². The van der Waals surface area contributed by atoms with Crippen molar-refractivity contribution in [1.82, 2.24) is 0 Å². The fourth-order valence-electron chi connectivity index (χ4n) is 1.11. The van der Waals surface area contributed by atoms with Crippen molar-refractivity contribution < 1.29 is 18.7 Å². The lowest BCUT2D eigenvalue weighted by atomic mass is 9.90. The summed E-state index contributed by atoms with van der Waals surface area (Å²) in [5, 5.41) is 8.36. The van der Waals surface area contributed by atoms with E-state index in [1.54, 1.807) is 0 Å². The Labute approximate surface area is 81.3 Å². The first kappa shape index (κ1) is 13.2. The van der Waals surface area contributed by atoms with Crippen LogP contribution in [0.2, 0.25) is 0 Å². The van der Waals surface area contributed by atoms with Crippen molar-refractivity contribution >= 4 is 5.97 Å². The number of halogens is 2. The van der Waals surface area contributed by atoms with Crippen molar-refractivity contribution in [3.63, 3.8) is 0 Å². The lowest BCUT2D eigenvalue weighted by molar-refractivity contribution is -0.137. The molecule has 0 rings (SSSR count). The molecular formula is C8H16F2N2O2. The quantitative estimate of drug-likeness (QED) is 0.572. The maximum absolute atomic E-state index is 12.5. The smallest absolute Gasteiger partial charge is 0.303 e. The number of carboxylic acid groups (broad SMARTS) is 1. The van der Waals surface area contributed by atoms with Crippen molar-refractivity contribution in [2.24, 2.45) is 11.5 Å². The molecule has 0 fully saturated rings. The first-order valence-corrected chi connectivity index (χ1v) is 4.41. The van der Waals surface area contributed by atoms with Gasteiger partial charge in [-0.25, -0.2) is 8.78 Å². The molecule has 14 heavy (non-hydrogen) atoms. The SMILES string of the molecule is NCCCC(N)(CCC(=O)O)C(F)F. The van der Waals surface area contributed by atoms with Crippen molar-refractivity contribution in [3.05, 3.63) is 0 Å². The summed E-state index contributed by atoms with van der Waals surface area (Å²) in [5.74, 6) is -1.12. The number of carbonyl (C=O) groups is 1. The summed E-state index contributed by atoms with van der Waals surface area (Å²) < 4.78 is 25.0. The van der Waals surface area contributed by atoms with Crippen LogP contribution in [0.1, 0.15) is 25.7 Å². The van der Waals surface area contributed by atoms with Gasteiger partial charge in [-0.2, -0.15) is 0 Å². The van der Waals surface area contributed by atoms with Gasteiger partial charge in [-0.05, 0) is 25.8 Å². The summed E-state index contributed by atoms with van der Waals surface area (Å²) in [5.41, 5.74) is 8.87. The van der Waals surface area contributed by atoms with E-state index in [1.807, 2.05) is 0 Å². The Balaban J connectivity index is 4.16. The minimum Gasteiger partial charge on any atom is -0.481 e. The monoisotopic (exact) mass is 210 g/mol. The van der Waals surface area contributed by atoms with Crippen LogP contribution in [0, 0.1) is 0 Å². The lowest BCUT2D eigenvalue weighted by Gasteiger charge is -2.27. The summed E-state index contributed by atoms with van der Waals surface area (Å²) in [7, 11) is 0. The van der Waals surface area contributed by atoms with E-state index >= 15 is 0 Å². The van der Waals surface area contributed by atoms with Gasteiger partial charge in [0.15, 0.2) is 0 Å². The van der Waals surface area contributed by atoms with Gasteiger partial charge in [0.1, 0.15) is 0 Å². The lowest BCUT2D eigenvalue weighted by Crippen LogP contribution is -2.47. The maximum Gasteiger partial charge on any atom is 0.303 e. The predicted octanol–water partition coefficient (Wildman–Crippen LogP) is 0.553. The number of alkyl halides is 2. The van der Waals surface area contributed by atoms with Gasteiger partial charge in [0.05, 0.1) is 5.54 Å². The van der Waals surface area contributed by atoms with E-state index in [-0.39, 0.29) is 25.8 Å². The zero-order chi connectivity index (χ0) is 11.2. The molecule has 0 heterocycles. The summed E-state index contributed by atoms with van der Waals surface area (Å²) in [6.45, 7) is 0.277. The normalized spacial score (nSPS) is 15.5. The van der Waals surface area contributed by atoms with Gasteiger partial charge in [0.25, 0.3) is 6.43 Å². The molecule has 0 saturated heterocycles. The maximum atomic E-state index is 12.5. The largest absolute Gasteiger partial charge is 0.481 e. The number of hydrogen-bond donors (Lipinski definition) is 3. The standard InChI is InChI=1S/C8H16F2N2O2/c9-7(10)8(12,3-1-5-11)4-2-6(13)14/h7H,1-5,11-12H2,(H,13,14). The molecule has 0 radical (unpaired) electrons. The Bertz CT molecular complexity index is 190. The summed E-state index contributed by atoms with van der Waals surface area (Å²) in [6.07, 6.45) is -2.85. The second-order valence-electron chi connectivity index (χ2n) is 3.32. The van der Waals surface area contributed by atoms with E-state index in [1.165, 1.54) is 0 Å². The minimum atomic E-state index is -2.71. The third kappa shape index (κ3) is 4.48.